The molecule has 3 rings (SSSR count). The molecule has 112 valence electrons. The Morgan fingerprint density at radius 3 is 2.70 bits per heavy atom. The second-order valence-electron chi connectivity index (χ2n) is 6.46. The van der Waals surface area contributed by atoms with Crippen molar-refractivity contribution in [2.45, 2.75) is 51.1 Å². The van der Waals surface area contributed by atoms with Crippen molar-refractivity contribution >= 4 is 11.6 Å². The first-order valence-electron chi connectivity index (χ1n) is 7.75. The van der Waals surface area contributed by atoms with Crippen molar-refractivity contribution in [1.82, 2.24) is 20.0 Å². The van der Waals surface area contributed by atoms with E-state index >= 15 is 0 Å². The zero-order valence-electron chi connectivity index (χ0n) is 12.6. The fourth-order valence-corrected chi connectivity index (χ4v) is 4.05. The molecule has 1 aliphatic carbocycles. The Bertz CT molecular complexity index is 471. The van der Waals surface area contributed by atoms with E-state index in [0.29, 0.717) is 5.54 Å². The van der Waals surface area contributed by atoms with Gasteiger partial charge in [-0.05, 0) is 19.8 Å². The lowest BCUT2D eigenvalue weighted by atomic mass is 9.80. The highest BCUT2D eigenvalue weighted by atomic mass is 35.5. The molecule has 2 fully saturated rings. The smallest absolute Gasteiger partial charge is 0.131 e. The molecule has 0 bridgehead atoms. The summed E-state index contributed by atoms with van der Waals surface area (Å²) >= 11 is 6.37. The molecule has 1 aromatic heterocycles. The molecule has 1 saturated carbocycles. The normalized spacial score (nSPS) is 23.4. The quantitative estimate of drug-likeness (QED) is 0.910. The van der Waals surface area contributed by atoms with E-state index in [4.69, 9.17) is 11.6 Å². The predicted molar refractivity (Wildman–Crippen MR) is 82.1 cm³/mol. The molecular formula is C15H25ClN4. The molecule has 2 heterocycles. The summed E-state index contributed by atoms with van der Waals surface area (Å²) in [5, 5.41) is 9.00. The van der Waals surface area contributed by atoms with Crippen molar-refractivity contribution in [2.75, 3.05) is 19.6 Å². The topological polar surface area (TPSA) is 33.1 Å². The van der Waals surface area contributed by atoms with Crippen LogP contribution in [0.5, 0.6) is 0 Å². The number of nitrogens with zero attached hydrogens (tertiary/aromatic N) is 3. The van der Waals surface area contributed by atoms with Crippen LogP contribution in [0.2, 0.25) is 5.15 Å². The molecule has 5 heteroatoms. The van der Waals surface area contributed by atoms with Crippen LogP contribution in [0.25, 0.3) is 0 Å². The molecule has 0 aromatic carbocycles. The number of hydrogen-bond acceptors (Lipinski definition) is 3. The first-order valence-corrected chi connectivity index (χ1v) is 8.13. The molecule has 0 unspecified atom stereocenters. The van der Waals surface area contributed by atoms with Gasteiger partial charge in [-0.3, -0.25) is 9.58 Å². The number of aryl methyl sites for hydroxylation is 2. The van der Waals surface area contributed by atoms with Gasteiger partial charge in [-0.25, -0.2) is 0 Å². The maximum Gasteiger partial charge on any atom is 0.131 e. The summed E-state index contributed by atoms with van der Waals surface area (Å²) in [5.74, 6) is 0. The number of aromatic nitrogens is 2. The van der Waals surface area contributed by atoms with Crippen molar-refractivity contribution in [3.8, 4) is 0 Å². The minimum absolute atomic E-state index is 0.360. The van der Waals surface area contributed by atoms with Gasteiger partial charge in [0, 0.05) is 44.3 Å². The number of rotatable bonds is 2. The van der Waals surface area contributed by atoms with E-state index in [0.717, 1.165) is 37.0 Å². The third-order valence-electron chi connectivity index (χ3n) is 4.92. The van der Waals surface area contributed by atoms with Crippen LogP contribution in [0.15, 0.2) is 0 Å². The Balaban J connectivity index is 1.71. The van der Waals surface area contributed by atoms with E-state index in [2.05, 4.69) is 22.2 Å². The molecule has 2 aliphatic rings. The predicted octanol–water partition coefficient (Wildman–Crippen LogP) is 2.49. The van der Waals surface area contributed by atoms with Gasteiger partial charge >= 0.3 is 0 Å². The van der Waals surface area contributed by atoms with Crippen LogP contribution in [0.1, 0.15) is 43.4 Å². The molecule has 1 N–H and O–H groups in total. The average Bonchev–Trinajstić information content (AvgIpc) is 2.67. The molecule has 0 radical (unpaired) electrons. The van der Waals surface area contributed by atoms with Crippen molar-refractivity contribution in [3.63, 3.8) is 0 Å². The maximum absolute atomic E-state index is 6.37. The van der Waals surface area contributed by atoms with E-state index in [1.807, 2.05) is 7.05 Å². The molecular weight excluding hydrogens is 272 g/mol. The second kappa shape index (κ2) is 5.66. The van der Waals surface area contributed by atoms with Gasteiger partial charge in [0.05, 0.1) is 5.69 Å². The SMILES string of the molecule is Cc1nn(C)c(Cl)c1CN1CCNC2(CCCCC2)C1. The third-order valence-corrected chi connectivity index (χ3v) is 5.39. The molecule has 1 aliphatic heterocycles. The lowest BCUT2D eigenvalue weighted by Gasteiger charge is -2.46. The average molecular weight is 297 g/mol. The van der Waals surface area contributed by atoms with Gasteiger partial charge in [0.15, 0.2) is 0 Å². The van der Waals surface area contributed by atoms with Crippen LogP contribution in [0.3, 0.4) is 0 Å². The van der Waals surface area contributed by atoms with E-state index < -0.39 is 0 Å². The number of halogens is 1. The monoisotopic (exact) mass is 296 g/mol. The molecule has 0 atom stereocenters. The highest BCUT2D eigenvalue weighted by Crippen LogP contribution is 2.31. The van der Waals surface area contributed by atoms with Gasteiger partial charge in [0.2, 0.25) is 0 Å². The summed E-state index contributed by atoms with van der Waals surface area (Å²) in [6.07, 6.45) is 6.78. The van der Waals surface area contributed by atoms with E-state index in [-0.39, 0.29) is 0 Å². The highest BCUT2D eigenvalue weighted by Gasteiger charge is 2.36. The molecule has 1 saturated heterocycles. The van der Waals surface area contributed by atoms with Gasteiger partial charge in [-0.15, -0.1) is 0 Å². The zero-order valence-corrected chi connectivity index (χ0v) is 13.3. The molecule has 20 heavy (non-hydrogen) atoms. The van der Waals surface area contributed by atoms with E-state index in [1.54, 1.807) is 4.68 Å². The van der Waals surface area contributed by atoms with E-state index in [1.165, 1.54) is 37.7 Å². The van der Waals surface area contributed by atoms with Crippen LogP contribution in [0, 0.1) is 6.92 Å². The van der Waals surface area contributed by atoms with Gasteiger partial charge in [0.1, 0.15) is 5.15 Å². The van der Waals surface area contributed by atoms with Gasteiger partial charge in [0.25, 0.3) is 0 Å². The minimum atomic E-state index is 0.360. The standard InChI is InChI=1S/C15H25ClN4/c1-12-13(14(16)19(2)18-12)10-20-9-8-17-15(11-20)6-4-3-5-7-15/h17H,3-11H2,1-2H3. The highest BCUT2D eigenvalue weighted by molar-refractivity contribution is 6.30. The molecule has 1 spiro atoms. The van der Waals surface area contributed by atoms with Crippen LogP contribution in [-0.4, -0.2) is 39.9 Å². The Morgan fingerprint density at radius 2 is 2.05 bits per heavy atom. The number of nitrogens with one attached hydrogen (secondary N) is 1. The number of hydrogen-bond donors (Lipinski definition) is 1. The Labute approximate surface area is 126 Å². The zero-order chi connectivity index (χ0) is 14.2. The molecule has 1 aromatic rings. The lowest BCUT2D eigenvalue weighted by Crippen LogP contribution is -2.60. The minimum Gasteiger partial charge on any atom is -0.309 e. The van der Waals surface area contributed by atoms with E-state index in [9.17, 15) is 0 Å². The maximum atomic E-state index is 6.37. The summed E-state index contributed by atoms with van der Waals surface area (Å²) < 4.78 is 1.78. The van der Waals surface area contributed by atoms with Crippen molar-refractivity contribution in [1.29, 1.82) is 0 Å². The fraction of sp³-hybridized carbons (Fsp3) is 0.800. The fourth-order valence-electron chi connectivity index (χ4n) is 3.82. The largest absolute Gasteiger partial charge is 0.309 e. The van der Waals surface area contributed by atoms with Crippen LogP contribution >= 0.6 is 11.6 Å². The van der Waals surface area contributed by atoms with Crippen molar-refractivity contribution < 1.29 is 0 Å². The Morgan fingerprint density at radius 1 is 1.30 bits per heavy atom. The van der Waals surface area contributed by atoms with Crippen molar-refractivity contribution in [3.05, 3.63) is 16.4 Å². The van der Waals surface area contributed by atoms with Crippen LogP contribution < -0.4 is 5.32 Å². The second-order valence-corrected chi connectivity index (χ2v) is 6.81. The molecule has 0 amide bonds. The summed E-state index contributed by atoms with van der Waals surface area (Å²) in [6, 6.07) is 0. The summed E-state index contributed by atoms with van der Waals surface area (Å²) in [4.78, 5) is 2.55. The van der Waals surface area contributed by atoms with Gasteiger partial charge < -0.3 is 5.32 Å². The third kappa shape index (κ3) is 2.74. The summed E-state index contributed by atoms with van der Waals surface area (Å²) in [5.41, 5.74) is 2.62. The Kier molecular flexibility index (Phi) is 4.07. The number of piperazine rings is 1. The summed E-state index contributed by atoms with van der Waals surface area (Å²) in [6.45, 7) is 6.34. The first-order chi connectivity index (χ1) is 9.60. The van der Waals surface area contributed by atoms with Crippen LogP contribution in [-0.2, 0) is 13.6 Å². The van der Waals surface area contributed by atoms with Crippen LogP contribution in [0.4, 0.5) is 0 Å². The lowest BCUT2D eigenvalue weighted by molar-refractivity contribution is 0.0944. The first kappa shape index (κ1) is 14.4. The van der Waals surface area contributed by atoms with Crippen molar-refractivity contribution in [2.24, 2.45) is 7.05 Å². The van der Waals surface area contributed by atoms with Gasteiger partial charge in [-0.1, -0.05) is 30.9 Å². The Hall–Kier alpha value is -0.580. The molecule has 4 nitrogen and oxygen atoms in total. The van der Waals surface area contributed by atoms with Gasteiger partial charge in [-0.2, -0.15) is 5.10 Å². The summed E-state index contributed by atoms with van der Waals surface area (Å²) in [7, 11) is 1.92.